The van der Waals surface area contributed by atoms with Crippen molar-refractivity contribution in [2.45, 2.75) is 51.5 Å². The predicted octanol–water partition coefficient (Wildman–Crippen LogP) is 2.41. The van der Waals surface area contributed by atoms with Gasteiger partial charge < -0.3 is 9.42 Å². The van der Waals surface area contributed by atoms with Gasteiger partial charge in [-0.1, -0.05) is 5.16 Å². The summed E-state index contributed by atoms with van der Waals surface area (Å²) in [6.45, 7) is 6.43. The number of hydrogen-bond acceptors (Lipinski definition) is 5. The van der Waals surface area contributed by atoms with Crippen molar-refractivity contribution >= 4 is 0 Å². The molecule has 0 bridgehead atoms. The van der Waals surface area contributed by atoms with Gasteiger partial charge in [0.15, 0.2) is 5.82 Å². The van der Waals surface area contributed by atoms with Crippen molar-refractivity contribution in [1.82, 2.24) is 24.8 Å². The van der Waals surface area contributed by atoms with Crippen LogP contribution >= 0.6 is 0 Å². The topological polar surface area (TPSA) is 60.0 Å². The lowest BCUT2D eigenvalue weighted by molar-refractivity contribution is 0.175. The Bertz CT molecular complexity index is 637. The summed E-state index contributed by atoms with van der Waals surface area (Å²) in [4.78, 5) is 7.10. The number of hydrogen-bond donors (Lipinski definition) is 0. The highest BCUT2D eigenvalue weighted by Gasteiger charge is 2.30. The number of aromatic nitrogens is 4. The molecule has 0 spiro atoms. The van der Waals surface area contributed by atoms with Crippen LogP contribution in [-0.2, 0) is 13.0 Å². The Morgan fingerprint density at radius 3 is 2.70 bits per heavy atom. The van der Waals surface area contributed by atoms with Crippen molar-refractivity contribution in [3.63, 3.8) is 0 Å². The molecule has 4 rings (SSSR count). The molecule has 2 fully saturated rings. The van der Waals surface area contributed by atoms with E-state index in [-0.39, 0.29) is 0 Å². The van der Waals surface area contributed by atoms with E-state index in [1.807, 2.05) is 11.6 Å². The molecule has 0 unspecified atom stereocenters. The van der Waals surface area contributed by atoms with Crippen LogP contribution in [0.4, 0.5) is 0 Å². The van der Waals surface area contributed by atoms with Crippen molar-refractivity contribution in [1.29, 1.82) is 0 Å². The van der Waals surface area contributed by atoms with Gasteiger partial charge in [-0.15, -0.1) is 0 Å². The van der Waals surface area contributed by atoms with Gasteiger partial charge in [-0.25, -0.2) is 0 Å². The quantitative estimate of drug-likeness (QED) is 0.819. The van der Waals surface area contributed by atoms with Crippen LogP contribution in [-0.4, -0.2) is 44.5 Å². The van der Waals surface area contributed by atoms with E-state index in [9.17, 15) is 0 Å². The van der Waals surface area contributed by atoms with Gasteiger partial charge in [0.25, 0.3) is 0 Å². The summed E-state index contributed by atoms with van der Waals surface area (Å²) in [5.41, 5.74) is 1.09. The predicted molar refractivity (Wildman–Crippen MR) is 86.1 cm³/mol. The van der Waals surface area contributed by atoms with E-state index in [0.717, 1.165) is 50.0 Å². The minimum absolute atomic E-state index is 0.559. The first kappa shape index (κ1) is 14.9. The molecule has 0 radical (unpaired) electrons. The number of rotatable bonds is 6. The zero-order chi connectivity index (χ0) is 15.6. The molecule has 23 heavy (non-hydrogen) atoms. The van der Waals surface area contributed by atoms with Gasteiger partial charge in [0, 0.05) is 25.1 Å². The molecular formula is C17H25N5O. The molecule has 0 atom stereocenters. The van der Waals surface area contributed by atoms with Crippen molar-refractivity contribution in [3.8, 4) is 0 Å². The van der Waals surface area contributed by atoms with Crippen LogP contribution in [0.15, 0.2) is 16.8 Å². The molecule has 1 saturated heterocycles. The third-order valence-electron chi connectivity index (χ3n) is 5.01. The maximum Gasteiger partial charge on any atom is 0.229 e. The summed E-state index contributed by atoms with van der Waals surface area (Å²) in [5, 5.41) is 8.61. The highest BCUT2D eigenvalue weighted by Crippen LogP contribution is 2.39. The molecule has 2 aromatic rings. The average Bonchev–Trinajstić information content (AvgIpc) is 3.17. The molecule has 0 N–H and O–H groups in total. The van der Waals surface area contributed by atoms with Crippen LogP contribution < -0.4 is 0 Å². The highest BCUT2D eigenvalue weighted by atomic mass is 16.5. The van der Waals surface area contributed by atoms with Gasteiger partial charge in [0.05, 0.1) is 12.2 Å². The van der Waals surface area contributed by atoms with Crippen LogP contribution in [0, 0.1) is 12.8 Å². The molecule has 3 heterocycles. The highest BCUT2D eigenvalue weighted by molar-refractivity contribution is 5.02. The Kier molecular flexibility index (Phi) is 4.16. The first-order valence-electron chi connectivity index (χ1n) is 8.81. The summed E-state index contributed by atoms with van der Waals surface area (Å²) in [6.07, 6.45) is 7.93. The fourth-order valence-corrected chi connectivity index (χ4v) is 3.35. The van der Waals surface area contributed by atoms with E-state index in [1.54, 1.807) is 0 Å². The standard InChI is InChI=1S/C17H25N5O/c1-13-4-9-22(19-13)11-10-21-7-5-14(6-8-21)12-16-18-17(23-20-16)15-2-3-15/h4,9,14-15H,2-3,5-8,10-12H2,1H3. The van der Waals surface area contributed by atoms with E-state index >= 15 is 0 Å². The van der Waals surface area contributed by atoms with Gasteiger partial charge in [0.1, 0.15) is 0 Å². The molecule has 1 aliphatic heterocycles. The second-order valence-corrected chi connectivity index (χ2v) is 7.03. The fraction of sp³-hybridized carbons (Fsp3) is 0.706. The molecule has 0 aromatic carbocycles. The zero-order valence-electron chi connectivity index (χ0n) is 13.8. The second-order valence-electron chi connectivity index (χ2n) is 7.03. The van der Waals surface area contributed by atoms with E-state index in [0.29, 0.717) is 11.8 Å². The van der Waals surface area contributed by atoms with Gasteiger partial charge in [-0.2, -0.15) is 10.1 Å². The molecule has 2 aromatic heterocycles. The normalized spacial score (nSPS) is 20.2. The Labute approximate surface area is 136 Å². The van der Waals surface area contributed by atoms with Gasteiger partial charge >= 0.3 is 0 Å². The van der Waals surface area contributed by atoms with Crippen molar-refractivity contribution in [2.24, 2.45) is 5.92 Å². The zero-order valence-corrected chi connectivity index (χ0v) is 13.8. The third-order valence-corrected chi connectivity index (χ3v) is 5.01. The average molecular weight is 315 g/mol. The second kappa shape index (κ2) is 6.43. The Hall–Kier alpha value is -1.69. The molecule has 1 aliphatic carbocycles. The van der Waals surface area contributed by atoms with Crippen LogP contribution in [0.2, 0.25) is 0 Å². The van der Waals surface area contributed by atoms with Gasteiger partial charge in [0.2, 0.25) is 5.89 Å². The summed E-state index contributed by atoms with van der Waals surface area (Å²) in [5.74, 6) is 3.04. The minimum Gasteiger partial charge on any atom is -0.339 e. The van der Waals surface area contributed by atoms with Crippen LogP contribution in [0.1, 0.15) is 49.0 Å². The molecule has 124 valence electrons. The van der Waals surface area contributed by atoms with Crippen LogP contribution in [0.3, 0.4) is 0 Å². The van der Waals surface area contributed by atoms with Crippen LogP contribution in [0.25, 0.3) is 0 Å². The molecule has 2 aliphatic rings. The summed E-state index contributed by atoms with van der Waals surface area (Å²) in [6, 6.07) is 2.06. The first-order valence-corrected chi connectivity index (χ1v) is 8.81. The lowest BCUT2D eigenvalue weighted by Crippen LogP contribution is -2.36. The summed E-state index contributed by atoms with van der Waals surface area (Å²) >= 11 is 0. The summed E-state index contributed by atoms with van der Waals surface area (Å²) in [7, 11) is 0. The molecule has 6 heteroatoms. The molecule has 6 nitrogen and oxygen atoms in total. The molecular weight excluding hydrogens is 290 g/mol. The smallest absolute Gasteiger partial charge is 0.229 e. The van der Waals surface area contributed by atoms with Crippen molar-refractivity contribution < 1.29 is 4.52 Å². The fourth-order valence-electron chi connectivity index (χ4n) is 3.35. The Balaban J connectivity index is 1.20. The van der Waals surface area contributed by atoms with Crippen molar-refractivity contribution in [3.05, 3.63) is 29.7 Å². The SMILES string of the molecule is Cc1ccn(CCN2CCC(Cc3noc(C4CC4)n3)CC2)n1. The number of nitrogens with zero attached hydrogens (tertiary/aromatic N) is 5. The van der Waals surface area contributed by atoms with E-state index in [4.69, 9.17) is 4.52 Å². The van der Waals surface area contributed by atoms with Crippen LogP contribution in [0.5, 0.6) is 0 Å². The lowest BCUT2D eigenvalue weighted by atomic mass is 9.93. The maximum atomic E-state index is 5.36. The summed E-state index contributed by atoms with van der Waals surface area (Å²) < 4.78 is 7.40. The largest absolute Gasteiger partial charge is 0.339 e. The number of likely N-dealkylation sites (tertiary alicyclic amines) is 1. The Morgan fingerprint density at radius 2 is 2.00 bits per heavy atom. The minimum atomic E-state index is 0.559. The Morgan fingerprint density at radius 1 is 1.17 bits per heavy atom. The van der Waals surface area contributed by atoms with Gasteiger partial charge in [-0.3, -0.25) is 4.68 Å². The lowest BCUT2D eigenvalue weighted by Gasteiger charge is -2.31. The number of aryl methyl sites for hydroxylation is 1. The monoisotopic (exact) mass is 315 g/mol. The van der Waals surface area contributed by atoms with E-state index < -0.39 is 0 Å². The third kappa shape index (κ3) is 3.80. The van der Waals surface area contributed by atoms with Gasteiger partial charge in [-0.05, 0) is 57.7 Å². The molecule has 1 saturated carbocycles. The van der Waals surface area contributed by atoms with E-state index in [2.05, 4.69) is 32.4 Å². The number of piperidine rings is 1. The first-order chi connectivity index (χ1) is 11.3. The maximum absolute atomic E-state index is 5.36. The van der Waals surface area contributed by atoms with Crippen molar-refractivity contribution in [2.75, 3.05) is 19.6 Å². The molecule has 0 amide bonds. The van der Waals surface area contributed by atoms with E-state index in [1.165, 1.54) is 25.7 Å².